The second-order valence-corrected chi connectivity index (χ2v) is 7.54. The first-order valence-electron chi connectivity index (χ1n) is 8.08. The number of hydroxylamine groups is 1. The first-order chi connectivity index (χ1) is 12.5. The molecule has 0 aliphatic carbocycles. The zero-order chi connectivity index (χ0) is 19.0. The van der Waals surface area contributed by atoms with Crippen LogP contribution in [0.5, 0.6) is 5.75 Å². The van der Waals surface area contributed by atoms with Crippen molar-refractivity contribution in [2.75, 3.05) is 20.2 Å². The van der Waals surface area contributed by atoms with Crippen molar-refractivity contribution in [3.63, 3.8) is 0 Å². The lowest BCUT2D eigenvalue weighted by Gasteiger charge is -2.22. The lowest BCUT2D eigenvalue weighted by atomic mass is 10.1. The summed E-state index contributed by atoms with van der Waals surface area (Å²) in [4.78, 5) is 11.5. The third kappa shape index (κ3) is 5.29. The monoisotopic (exact) mass is 378 g/mol. The molecule has 26 heavy (non-hydrogen) atoms. The number of hydrogen-bond acceptors (Lipinski definition) is 5. The van der Waals surface area contributed by atoms with Crippen LogP contribution in [0.2, 0.25) is 0 Å². The molecule has 0 radical (unpaired) electrons. The highest BCUT2D eigenvalue weighted by Crippen LogP contribution is 2.20. The van der Waals surface area contributed by atoms with Crippen LogP contribution in [0.25, 0.3) is 0 Å². The van der Waals surface area contributed by atoms with E-state index >= 15 is 0 Å². The van der Waals surface area contributed by atoms with E-state index in [0.717, 1.165) is 5.56 Å². The zero-order valence-corrected chi connectivity index (χ0v) is 15.3. The molecule has 2 rings (SSSR count). The summed E-state index contributed by atoms with van der Waals surface area (Å²) in [5.41, 5.74) is 2.52. The first-order valence-corrected chi connectivity index (χ1v) is 9.52. The van der Waals surface area contributed by atoms with Gasteiger partial charge in [-0.3, -0.25) is 10.0 Å². The largest absolute Gasteiger partial charge is 0.497 e. The minimum absolute atomic E-state index is 0.0341. The van der Waals surface area contributed by atoms with Gasteiger partial charge < -0.3 is 4.74 Å². The van der Waals surface area contributed by atoms with Crippen molar-refractivity contribution < 1.29 is 23.2 Å². The van der Waals surface area contributed by atoms with Crippen LogP contribution in [-0.2, 0) is 21.2 Å². The van der Waals surface area contributed by atoms with Gasteiger partial charge in [0.05, 0.1) is 12.0 Å². The van der Waals surface area contributed by atoms with Gasteiger partial charge in [0, 0.05) is 19.5 Å². The maximum atomic E-state index is 12.9. The minimum Gasteiger partial charge on any atom is -0.497 e. The Kier molecular flexibility index (Phi) is 7.14. The van der Waals surface area contributed by atoms with E-state index in [0.29, 0.717) is 12.2 Å². The molecule has 140 valence electrons. The molecule has 8 heteroatoms. The molecule has 0 heterocycles. The Morgan fingerprint density at radius 3 is 2.31 bits per heavy atom. The summed E-state index contributed by atoms with van der Waals surface area (Å²) in [6.45, 7) is 0.185. The molecule has 0 spiro atoms. The molecule has 0 atom stereocenters. The Labute approximate surface area is 153 Å². The highest BCUT2D eigenvalue weighted by Gasteiger charge is 2.25. The number of rotatable bonds is 9. The fourth-order valence-electron chi connectivity index (χ4n) is 2.43. The SMILES string of the molecule is COc1ccc(S(=O)(=O)N(CCC(=O)NO)CCc2ccccc2)cc1. The van der Waals surface area contributed by atoms with Gasteiger partial charge in [0.15, 0.2) is 0 Å². The predicted molar refractivity (Wildman–Crippen MR) is 96.4 cm³/mol. The van der Waals surface area contributed by atoms with Gasteiger partial charge in [-0.2, -0.15) is 4.31 Å². The lowest BCUT2D eigenvalue weighted by molar-refractivity contribution is -0.129. The maximum absolute atomic E-state index is 12.9. The molecule has 0 saturated heterocycles. The van der Waals surface area contributed by atoms with Gasteiger partial charge in [0.25, 0.3) is 0 Å². The lowest BCUT2D eigenvalue weighted by Crippen LogP contribution is -2.36. The molecular weight excluding hydrogens is 356 g/mol. The van der Waals surface area contributed by atoms with Crippen molar-refractivity contribution in [3.8, 4) is 5.75 Å². The van der Waals surface area contributed by atoms with E-state index in [1.807, 2.05) is 30.3 Å². The average molecular weight is 378 g/mol. The predicted octanol–water partition coefficient (Wildman–Crippen LogP) is 1.82. The van der Waals surface area contributed by atoms with Gasteiger partial charge in [0.2, 0.25) is 15.9 Å². The van der Waals surface area contributed by atoms with E-state index < -0.39 is 15.9 Å². The van der Waals surface area contributed by atoms with Crippen LogP contribution in [0.1, 0.15) is 12.0 Å². The van der Waals surface area contributed by atoms with Crippen LogP contribution >= 0.6 is 0 Å². The van der Waals surface area contributed by atoms with Crippen LogP contribution in [0.3, 0.4) is 0 Å². The zero-order valence-electron chi connectivity index (χ0n) is 14.5. The Balaban J connectivity index is 2.20. The van der Waals surface area contributed by atoms with Crippen molar-refractivity contribution in [2.45, 2.75) is 17.7 Å². The number of amides is 1. The summed E-state index contributed by atoms with van der Waals surface area (Å²) in [7, 11) is -2.28. The van der Waals surface area contributed by atoms with Gasteiger partial charge in [0.1, 0.15) is 5.75 Å². The number of nitrogens with one attached hydrogen (secondary N) is 1. The van der Waals surface area contributed by atoms with Crippen molar-refractivity contribution in [1.82, 2.24) is 9.79 Å². The Morgan fingerprint density at radius 2 is 1.73 bits per heavy atom. The minimum atomic E-state index is -3.78. The van der Waals surface area contributed by atoms with Gasteiger partial charge >= 0.3 is 0 Å². The number of hydrogen-bond donors (Lipinski definition) is 2. The Bertz CT molecular complexity index is 807. The third-order valence-corrected chi connectivity index (χ3v) is 5.82. The first kappa shape index (κ1) is 19.9. The van der Waals surface area contributed by atoms with Crippen LogP contribution in [0, 0.1) is 0 Å². The Morgan fingerprint density at radius 1 is 1.08 bits per heavy atom. The smallest absolute Gasteiger partial charge is 0.244 e. The van der Waals surface area contributed by atoms with Gasteiger partial charge in [-0.1, -0.05) is 30.3 Å². The summed E-state index contributed by atoms with van der Waals surface area (Å²) >= 11 is 0. The van der Waals surface area contributed by atoms with Gasteiger partial charge in [-0.15, -0.1) is 0 Å². The molecule has 7 nitrogen and oxygen atoms in total. The summed E-state index contributed by atoms with van der Waals surface area (Å²) in [6.07, 6.45) is 0.373. The number of methoxy groups -OCH3 is 1. The van der Waals surface area contributed by atoms with Crippen molar-refractivity contribution >= 4 is 15.9 Å². The van der Waals surface area contributed by atoms with E-state index in [1.54, 1.807) is 12.1 Å². The fraction of sp³-hybridized carbons (Fsp3) is 0.278. The van der Waals surface area contributed by atoms with Crippen molar-refractivity contribution in [2.24, 2.45) is 0 Å². The van der Waals surface area contributed by atoms with E-state index in [-0.39, 0.29) is 24.4 Å². The molecule has 2 N–H and O–H groups in total. The van der Waals surface area contributed by atoms with Gasteiger partial charge in [-0.25, -0.2) is 13.9 Å². The maximum Gasteiger partial charge on any atom is 0.244 e. The van der Waals surface area contributed by atoms with Crippen LogP contribution < -0.4 is 10.2 Å². The molecule has 1 amide bonds. The standard InChI is InChI=1S/C18H22N2O5S/c1-25-16-7-9-17(10-8-16)26(23,24)20(14-12-18(21)19-22)13-11-15-5-3-2-4-6-15/h2-10,22H,11-14H2,1H3,(H,19,21). The second-order valence-electron chi connectivity index (χ2n) is 5.60. The van der Waals surface area contributed by atoms with E-state index in [9.17, 15) is 13.2 Å². The highest BCUT2D eigenvalue weighted by atomic mass is 32.2. The molecule has 0 saturated carbocycles. The number of carbonyl (C=O) groups excluding carboxylic acids is 1. The van der Waals surface area contributed by atoms with Gasteiger partial charge in [-0.05, 0) is 36.2 Å². The average Bonchev–Trinajstić information content (AvgIpc) is 2.68. The summed E-state index contributed by atoms with van der Waals surface area (Å²) < 4.78 is 32.2. The van der Waals surface area contributed by atoms with Crippen LogP contribution in [0.15, 0.2) is 59.5 Å². The molecule has 0 aliphatic heterocycles. The molecule has 0 unspecified atom stereocenters. The van der Waals surface area contributed by atoms with E-state index in [1.165, 1.54) is 29.0 Å². The van der Waals surface area contributed by atoms with Crippen LogP contribution in [0.4, 0.5) is 0 Å². The van der Waals surface area contributed by atoms with Crippen molar-refractivity contribution in [1.29, 1.82) is 0 Å². The Hall–Kier alpha value is -2.42. The number of sulfonamides is 1. The number of carbonyl (C=O) groups is 1. The highest BCUT2D eigenvalue weighted by molar-refractivity contribution is 7.89. The molecule has 0 fully saturated rings. The summed E-state index contributed by atoms with van der Waals surface area (Å²) in [5.74, 6) is -0.0842. The topological polar surface area (TPSA) is 95.9 Å². The van der Waals surface area contributed by atoms with E-state index in [4.69, 9.17) is 9.94 Å². The van der Waals surface area contributed by atoms with Crippen molar-refractivity contribution in [3.05, 3.63) is 60.2 Å². The van der Waals surface area contributed by atoms with Crippen LogP contribution in [-0.4, -0.2) is 44.0 Å². The number of ether oxygens (including phenoxy) is 1. The molecule has 2 aromatic rings. The third-order valence-electron chi connectivity index (χ3n) is 3.90. The molecule has 2 aromatic carbocycles. The number of nitrogens with zero attached hydrogens (tertiary/aromatic N) is 1. The fourth-order valence-corrected chi connectivity index (χ4v) is 3.87. The summed E-state index contributed by atoms with van der Waals surface area (Å²) in [6, 6.07) is 15.6. The molecule has 0 bridgehead atoms. The molecule has 0 aliphatic rings. The second kappa shape index (κ2) is 9.33. The number of benzene rings is 2. The van der Waals surface area contributed by atoms with E-state index in [2.05, 4.69) is 0 Å². The normalized spacial score (nSPS) is 11.3. The molecule has 0 aromatic heterocycles. The quantitative estimate of drug-likeness (QED) is 0.513. The molecular formula is C18H22N2O5S. The summed E-state index contributed by atoms with van der Waals surface area (Å²) in [5, 5.41) is 8.65.